The van der Waals surface area contributed by atoms with E-state index < -0.39 is 0 Å². The second-order valence-corrected chi connectivity index (χ2v) is 6.18. The lowest BCUT2D eigenvalue weighted by Crippen LogP contribution is -2.12. The number of nitrogens with two attached hydrogens (primary N) is 1. The molecule has 3 aromatic rings. The Kier molecular flexibility index (Phi) is 4.37. The lowest BCUT2D eigenvalue weighted by molar-refractivity contribution is 0.581. The molecule has 3 aromatic heterocycles. The van der Waals surface area contributed by atoms with Crippen molar-refractivity contribution in [2.45, 2.75) is 24.4 Å². The van der Waals surface area contributed by atoms with E-state index in [2.05, 4.69) is 15.2 Å². The molecule has 0 spiro atoms. The van der Waals surface area contributed by atoms with Gasteiger partial charge in [-0.05, 0) is 19.1 Å². The van der Waals surface area contributed by atoms with Crippen molar-refractivity contribution in [2.75, 3.05) is 6.54 Å². The molecular weight excluding hydrogens is 306 g/mol. The molecule has 0 radical (unpaired) electrons. The van der Waals surface area contributed by atoms with E-state index in [1.54, 1.807) is 29.4 Å². The Hall–Kier alpha value is -1.64. The Bertz CT molecular complexity index is 704. The summed E-state index contributed by atoms with van der Waals surface area (Å²) in [4.78, 5) is 4.57. The monoisotopic (exact) mass is 321 g/mol. The predicted molar refractivity (Wildman–Crippen MR) is 83.2 cm³/mol. The van der Waals surface area contributed by atoms with E-state index in [9.17, 15) is 0 Å². The molecule has 0 saturated heterocycles. The van der Waals surface area contributed by atoms with Crippen LogP contribution in [0.4, 0.5) is 0 Å². The van der Waals surface area contributed by atoms with E-state index in [0.29, 0.717) is 6.54 Å². The normalized spacial score (nSPS) is 11.1. The molecule has 3 rings (SSSR count). The van der Waals surface area contributed by atoms with Gasteiger partial charge in [0.2, 0.25) is 0 Å². The molecule has 6 nitrogen and oxygen atoms in total. The lowest BCUT2D eigenvalue weighted by atomic mass is 10.5. The summed E-state index contributed by atoms with van der Waals surface area (Å²) >= 11 is 3.20. The van der Waals surface area contributed by atoms with Gasteiger partial charge in [-0.25, -0.2) is 4.98 Å². The van der Waals surface area contributed by atoms with Crippen LogP contribution >= 0.6 is 23.1 Å². The SMILES string of the molecule is Cc1nnc(SCc2csc(-c3ccco3)n2)n1CCN. The summed E-state index contributed by atoms with van der Waals surface area (Å²) < 4.78 is 7.38. The van der Waals surface area contributed by atoms with Gasteiger partial charge in [-0.3, -0.25) is 0 Å². The highest BCUT2D eigenvalue weighted by Crippen LogP contribution is 2.27. The van der Waals surface area contributed by atoms with Crippen molar-refractivity contribution in [3.8, 4) is 10.8 Å². The topological polar surface area (TPSA) is 82.8 Å². The minimum Gasteiger partial charge on any atom is -0.462 e. The number of aryl methyl sites for hydroxylation is 1. The third kappa shape index (κ3) is 3.17. The minimum absolute atomic E-state index is 0.575. The van der Waals surface area contributed by atoms with Crippen molar-refractivity contribution in [1.29, 1.82) is 0 Å². The van der Waals surface area contributed by atoms with Crippen LogP contribution in [0, 0.1) is 6.92 Å². The first-order valence-electron chi connectivity index (χ1n) is 6.49. The largest absolute Gasteiger partial charge is 0.462 e. The van der Waals surface area contributed by atoms with Crippen LogP contribution in [-0.2, 0) is 12.3 Å². The van der Waals surface area contributed by atoms with Gasteiger partial charge in [-0.1, -0.05) is 11.8 Å². The summed E-state index contributed by atoms with van der Waals surface area (Å²) in [6.45, 7) is 3.24. The number of aromatic nitrogens is 4. The van der Waals surface area contributed by atoms with Crippen LogP contribution in [0.25, 0.3) is 10.8 Å². The Labute approximate surface area is 130 Å². The number of furan rings is 1. The molecule has 0 amide bonds. The van der Waals surface area contributed by atoms with Gasteiger partial charge in [-0.2, -0.15) is 0 Å². The average molecular weight is 321 g/mol. The van der Waals surface area contributed by atoms with Crippen molar-refractivity contribution < 1.29 is 4.42 Å². The number of rotatable bonds is 6. The van der Waals surface area contributed by atoms with Crippen LogP contribution < -0.4 is 5.73 Å². The van der Waals surface area contributed by atoms with Crippen LogP contribution in [0.1, 0.15) is 11.5 Å². The van der Waals surface area contributed by atoms with Gasteiger partial charge >= 0.3 is 0 Å². The van der Waals surface area contributed by atoms with E-state index in [-0.39, 0.29) is 0 Å². The molecule has 0 aliphatic heterocycles. The number of nitrogens with zero attached hydrogens (tertiary/aromatic N) is 4. The standard InChI is InChI=1S/C13H15N5OS2/c1-9-16-17-13(18(9)5-4-14)21-8-10-7-20-12(15-10)11-3-2-6-19-11/h2-3,6-7H,4-5,8,14H2,1H3. The van der Waals surface area contributed by atoms with Gasteiger partial charge in [-0.15, -0.1) is 21.5 Å². The highest BCUT2D eigenvalue weighted by molar-refractivity contribution is 7.98. The fraction of sp³-hybridized carbons (Fsp3) is 0.308. The Morgan fingerprint density at radius 2 is 2.33 bits per heavy atom. The number of hydrogen-bond donors (Lipinski definition) is 1. The molecule has 0 aromatic carbocycles. The van der Waals surface area contributed by atoms with Gasteiger partial charge in [0.1, 0.15) is 5.82 Å². The maximum atomic E-state index is 5.62. The van der Waals surface area contributed by atoms with Crippen molar-refractivity contribution in [2.24, 2.45) is 5.73 Å². The Morgan fingerprint density at radius 1 is 1.43 bits per heavy atom. The minimum atomic E-state index is 0.575. The molecule has 0 bridgehead atoms. The van der Waals surface area contributed by atoms with Crippen LogP contribution in [-0.4, -0.2) is 26.3 Å². The number of thiazole rings is 1. The molecule has 110 valence electrons. The first kappa shape index (κ1) is 14.3. The fourth-order valence-electron chi connectivity index (χ4n) is 1.88. The van der Waals surface area contributed by atoms with E-state index >= 15 is 0 Å². The fourth-order valence-corrected chi connectivity index (χ4v) is 3.67. The third-order valence-corrected chi connectivity index (χ3v) is 4.79. The molecule has 0 saturated carbocycles. The maximum Gasteiger partial charge on any atom is 0.191 e. The summed E-state index contributed by atoms with van der Waals surface area (Å²) in [5.74, 6) is 2.44. The first-order valence-corrected chi connectivity index (χ1v) is 8.35. The molecule has 0 aliphatic rings. The Balaban J connectivity index is 1.68. The number of thioether (sulfide) groups is 1. The van der Waals surface area contributed by atoms with Crippen molar-refractivity contribution >= 4 is 23.1 Å². The number of hydrogen-bond acceptors (Lipinski definition) is 7. The van der Waals surface area contributed by atoms with Crippen molar-refractivity contribution in [3.63, 3.8) is 0 Å². The molecule has 21 heavy (non-hydrogen) atoms. The zero-order valence-electron chi connectivity index (χ0n) is 11.5. The average Bonchev–Trinajstić information content (AvgIpc) is 3.19. The van der Waals surface area contributed by atoms with Crippen LogP contribution in [0.3, 0.4) is 0 Å². The summed E-state index contributed by atoms with van der Waals surface area (Å²) in [7, 11) is 0. The van der Waals surface area contributed by atoms with Gasteiger partial charge in [0.25, 0.3) is 0 Å². The summed E-state index contributed by atoms with van der Waals surface area (Å²) in [5, 5.41) is 12.1. The lowest BCUT2D eigenvalue weighted by Gasteiger charge is -2.05. The summed E-state index contributed by atoms with van der Waals surface area (Å²) in [5.41, 5.74) is 6.63. The summed E-state index contributed by atoms with van der Waals surface area (Å²) in [6.07, 6.45) is 1.66. The molecule has 0 unspecified atom stereocenters. The van der Waals surface area contributed by atoms with E-state index in [4.69, 9.17) is 10.2 Å². The van der Waals surface area contributed by atoms with Gasteiger partial charge in [0.05, 0.1) is 12.0 Å². The Morgan fingerprint density at radius 3 is 3.10 bits per heavy atom. The molecule has 8 heteroatoms. The zero-order chi connectivity index (χ0) is 14.7. The highest BCUT2D eigenvalue weighted by Gasteiger charge is 2.11. The molecule has 3 heterocycles. The van der Waals surface area contributed by atoms with Gasteiger partial charge in [0, 0.05) is 24.2 Å². The molecule has 0 atom stereocenters. The molecule has 2 N–H and O–H groups in total. The van der Waals surface area contributed by atoms with Crippen LogP contribution in [0.15, 0.2) is 33.3 Å². The second-order valence-electron chi connectivity index (χ2n) is 4.38. The summed E-state index contributed by atoms with van der Waals surface area (Å²) in [6, 6.07) is 3.78. The first-order chi connectivity index (χ1) is 10.3. The van der Waals surface area contributed by atoms with E-state index in [1.807, 2.05) is 29.0 Å². The third-order valence-electron chi connectivity index (χ3n) is 2.89. The van der Waals surface area contributed by atoms with E-state index in [1.165, 1.54) is 0 Å². The van der Waals surface area contributed by atoms with Gasteiger partial charge in [0.15, 0.2) is 15.9 Å². The zero-order valence-corrected chi connectivity index (χ0v) is 13.2. The molecular formula is C13H15N5OS2. The van der Waals surface area contributed by atoms with Crippen molar-refractivity contribution in [3.05, 3.63) is 35.3 Å². The highest BCUT2D eigenvalue weighted by atomic mass is 32.2. The van der Waals surface area contributed by atoms with Gasteiger partial charge < -0.3 is 14.7 Å². The molecule has 0 aliphatic carbocycles. The van der Waals surface area contributed by atoms with E-state index in [0.717, 1.165) is 39.7 Å². The predicted octanol–water partition coefficient (Wildman–Crippen LogP) is 2.55. The van der Waals surface area contributed by atoms with Crippen LogP contribution in [0.2, 0.25) is 0 Å². The second kappa shape index (κ2) is 6.42. The maximum absolute atomic E-state index is 5.62. The smallest absolute Gasteiger partial charge is 0.191 e. The quantitative estimate of drug-likeness (QED) is 0.703. The van der Waals surface area contributed by atoms with Crippen LogP contribution in [0.5, 0.6) is 0 Å². The molecule has 0 fully saturated rings. The van der Waals surface area contributed by atoms with Crippen molar-refractivity contribution in [1.82, 2.24) is 19.7 Å².